The fraction of sp³-hybridized carbons (Fsp3) is 0.400. The van der Waals surface area contributed by atoms with Gasteiger partial charge in [0, 0.05) is 12.1 Å². The summed E-state index contributed by atoms with van der Waals surface area (Å²) in [7, 11) is -3.73. The molecule has 0 radical (unpaired) electrons. The number of piperidine rings is 1. The van der Waals surface area contributed by atoms with Crippen molar-refractivity contribution in [3.63, 3.8) is 0 Å². The highest BCUT2D eigenvalue weighted by Gasteiger charge is 2.31. The first kappa shape index (κ1) is 25.5. The second-order valence-electron chi connectivity index (χ2n) is 10.6. The maximum atomic E-state index is 14.1. The van der Waals surface area contributed by atoms with Crippen LogP contribution in [0.3, 0.4) is 0 Å². The second-order valence-corrected chi connectivity index (χ2v) is 12.4. The first-order valence-electron chi connectivity index (χ1n) is 12.7. The smallest absolute Gasteiger partial charge is 0.264 e. The number of hydrogen-bond donors (Lipinski definition) is 0. The summed E-state index contributed by atoms with van der Waals surface area (Å²) in [4.78, 5) is 2.78. The molecule has 0 aliphatic carbocycles. The Bertz CT molecular complexity index is 1210. The van der Waals surface area contributed by atoms with Crippen LogP contribution < -0.4 is 4.31 Å². The quantitative estimate of drug-likeness (QED) is 0.376. The van der Waals surface area contributed by atoms with Gasteiger partial charge in [-0.3, -0.25) is 4.31 Å². The van der Waals surface area contributed by atoms with E-state index in [1.54, 1.807) is 28.6 Å². The number of benzene rings is 3. The van der Waals surface area contributed by atoms with Crippen molar-refractivity contribution in [3.05, 3.63) is 84.4 Å². The van der Waals surface area contributed by atoms with Crippen LogP contribution in [0.1, 0.15) is 46.1 Å². The van der Waals surface area contributed by atoms with Gasteiger partial charge in [-0.05, 0) is 79.2 Å². The molecule has 3 aromatic rings. The molecule has 1 fully saturated rings. The maximum absolute atomic E-state index is 14.1. The average Bonchev–Trinajstić information content (AvgIpc) is 2.88. The number of nitrogens with zero attached hydrogens (tertiary/aromatic N) is 2. The Balaban J connectivity index is 1.84. The van der Waals surface area contributed by atoms with Gasteiger partial charge >= 0.3 is 0 Å². The van der Waals surface area contributed by atoms with Crippen molar-refractivity contribution < 1.29 is 8.42 Å². The second kappa shape index (κ2) is 10.5. The summed E-state index contributed by atoms with van der Waals surface area (Å²) in [6.07, 6.45) is 2.02. The predicted octanol–water partition coefficient (Wildman–Crippen LogP) is 6.58. The SMILES string of the molecule is CCN1CCC(CN(c2ccc(C(C)(C)C)cc2-c2ccccc2)S(=O)(=O)c2ccccc2)CC1. The molecule has 0 bridgehead atoms. The van der Waals surface area contributed by atoms with Gasteiger partial charge in [-0.2, -0.15) is 0 Å². The van der Waals surface area contributed by atoms with Crippen molar-refractivity contribution in [1.29, 1.82) is 0 Å². The summed E-state index contributed by atoms with van der Waals surface area (Å²) in [5, 5.41) is 0. The first-order valence-corrected chi connectivity index (χ1v) is 14.1. The third-order valence-corrected chi connectivity index (χ3v) is 8.92. The minimum atomic E-state index is -3.73. The Morgan fingerprint density at radius 2 is 1.49 bits per heavy atom. The maximum Gasteiger partial charge on any atom is 0.264 e. The van der Waals surface area contributed by atoms with Crippen molar-refractivity contribution in [1.82, 2.24) is 4.90 Å². The van der Waals surface area contributed by atoms with E-state index in [4.69, 9.17) is 0 Å². The standard InChI is InChI=1S/C30H38N2O2S/c1-5-31-20-18-24(19-21-31)23-32(35(33,34)27-14-10-7-11-15-27)29-17-16-26(30(2,3)4)22-28(29)25-12-8-6-9-13-25/h6-17,22,24H,5,18-21,23H2,1-4H3. The molecule has 1 aliphatic heterocycles. The highest BCUT2D eigenvalue weighted by molar-refractivity contribution is 7.92. The van der Waals surface area contributed by atoms with Gasteiger partial charge in [0.15, 0.2) is 0 Å². The van der Waals surface area contributed by atoms with Gasteiger partial charge in [-0.25, -0.2) is 8.42 Å². The number of sulfonamides is 1. The van der Waals surface area contributed by atoms with Gasteiger partial charge in [-0.1, -0.05) is 82.3 Å². The van der Waals surface area contributed by atoms with Crippen molar-refractivity contribution in [2.24, 2.45) is 5.92 Å². The van der Waals surface area contributed by atoms with Crippen LogP contribution in [0.15, 0.2) is 83.8 Å². The lowest BCUT2D eigenvalue weighted by Crippen LogP contribution is -2.41. The van der Waals surface area contributed by atoms with Gasteiger partial charge in [-0.15, -0.1) is 0 Å². The van der Waals surface area contributed by atoms with E-state index in [-0.39, 0.29) is 5.41 Å². The van der Waals surface area contributed by atoms with E-state index in [1.807, 2.05) is 30.3 Å². The van der Waals surface area contributed by atoms with E-state index < -0.39 is 10.0 Å². The predicted molar refractivity (Wildman–Crippen MR) is 146 cm³/mol. The van der Waals surface area contributed by atoms with Crippen molar-refractivity contribution in [2.45, 2.75) is 50.8 Å². The molecule has 0 atom stereocenters. The Morgan fingerprint density at radius 1 is 0.886 bits per heavy atom. The van der Waals surface area contributed by atoms with Gasteiger partial charge in [0.1, 0.15) is 0 Å². The molecular weight excluding hydrogens is 452 g/mol. The van der Waals surface area contributed by atoms with Crippen LogP contribution >= 0.6 is 0 Å². The molecule has 1 heterocycles. The van der Waals surface area contributed by atoms with E-state index in [0.29, 0.717) is 17.4 Å². The van der Waals surface area contributed by atoms with Crippen LogP contribution in [0.5, 0.6) is 0 Å². The molecule has 0 aromatic heterocycles. The normalized spacial score (nSPS) is 15.8. The van der Waals surface area contributed by atoms with Gasteiger partial charge < -0.3 is 4.90 Å². The Kier molecular flexibility index (Phi) is 7.67. The van der Waals surface area contributed by atoms with Crippen molar-refractivity contribution in [2.75, 3.05) is 30.5 Å². The molecule has 4 nitrogen and oxygen atoms in total. The van der Waals surface area contributed by atoms with Crippen LogP contribution in [0, 0.1) is 5.92 Å². The molecule has 5 heteroatoms. The lowest BCUT2D eigenvalue weighted by atomic mass is 9.85. The number of likely N-dealkylation sites (tertiary alicyclic amines) is 1. The highest BCUT2D eigenvalue weighted by atomic mass is 32.2. The topological polar surface area (TPSA) is 40.6 Å². The van der Waals surface area contributed by atoms with E-state index in [1.165, 1.54) is 5.56 Å². The Labute approximate surface area is 211 Å². The number of rotatable bonds is 7. The Hall–Kier alpha value is -2.63. The fourth-order valence-electron chi connectivity index (χ4n) is 4.83. The molecule has 35 heavy (non-hydrogen) atoms. The zero-order valence-electron chi connectivity index (χ0n) is 21.4. The van der Waals surface area contributed by atoms with E-state index in [2.05, 4.69) is 56.9 Å². The van der Waals surface area contributed by atoms with Gasteiger partial charge in [0.25, 0.3) is 10.0 Å². The first-order chi connectivity index (χ1) is 16.7. The van der Waals surface area contributed by atoms with Crippen LogP contribution in [0.2, 0.25) is 0 Å². The minimum Gasteiger partial charge on any atom is -0.304 e. The largest absolute Gasteiger partial charge is 0.304 e. The Morgan fingerprint density at radius 3 is 2.06 bits per heavy atom. The third kappa shape index (κ3) is 5.79. The molecule has 3 aromatic carbocycles. The monoisotopic (exact) mass is 490 g/mol. The van der Waals surface area contributed by atoms with Gasteiger partial charge in [0.05, 0.1) is 10.6 Å². The molecule has 1 aliphatic rings. The molecule has 0 amide bonds. The minimum absolute atomic E-state index is 0.0435. The molecule has 1 saturated heterocycles. The molecular formula is C30H38N2O2S. The van der Waals surface area contributed by atoms with Crippen LogP contribution in [0.4, 0.5) is 5.69 Å². The third-order valence-electron chi connectivity index (χ3n) is 7.13. The molecule has 186 valence electrons. The molecule has 0 unspecified atom stereocenters. The number of anilines is 1. The molecule has 0 spiro atoms. The van der Waals surface area contributed by atoms with E-state index >= 15 is 0 Å². The van der Waals surface area contributed by atoms with Crippen LogP contribution in [-0.2, 0) is 15.4 Å². The number of hydrogen-bond acceptors (Lipinski definition) is 3. The van der Waals surface area contributed by atoms with Crippen LogP contribution in [-0.4, -0.2) is 39.5 Å². The lowest BCUT2D eigenvalue weighted by molar-refractivity contribution is 0.196. The molecule has 4 rings (SSSR count). The van der Waals surface area contributed by atoms with E-state index in [9.17, 15) is 8.42 Å². The lowest BCUT2D eigenvalue weighted by Gasteiger charge is -2.35. The van der Waals surface area contributed by atoms with Gasteiger partial charge in [0.2, 0.25) is 0 Å². The zero-order chi connectivity index (χ0) is 25.1. The molecule has 0 N–H and O–H groups in total. The summed E-state index contributed by atoms with van der Waals surface area (Å²) in [6.45, 7) is 12.3. The van der Waals surface area contributed by atoms with E-state index in [0.717, 1.165) is 49.3 Å². The van der Waals surface area contributed by atoms with Crippen LogP contribution in [0.25, 0.3) is 11.1 Å². The molecule has 0 saturated carbocycles. The average molecular weight is 491 g/mol. The summed E-state index contributed by atoms with van der Waals surface area (Å²) >= 11 is 0. The highest BCUT2D eigenvalue weighted by Crippen LogP contribution is 2.38. The summed E-state index contributed by atoms with van der Waals surface area (Å²) in [5.74, 6) is 0.321. The summed E-state index contributed by atoms with van der Waals surface area (Å²) < 4.78 is 29.9. The summed E-state index contributed by atoms with van der Waals surface area (Å²) in [6, 6.07) is 25.3. The van der Waals surface area contributed by atoms with Crippen molar-refractivity contribution >= 4 is 15.7 Å². The van der Waals surface area contributed by atoms with Crippen molar-refractivity contribution in [3.8, 4) is 11.1 Å². The summed E-state index contributed by atoms with van der Waals surface area (Å²) in [5.41, 5.74) is 3.89. The fourth-order valence-corrected chi connectivity index (χ4v) is 6.42. The zero-order valence-corrected chi connectivity index (χ0v) is 22.3.